The molecule has 0 atom stereocenters. The van der Waals surface area contributed by atoms with Gasteiger partial charge in [0, 0.05) is 12.1 Å². The van der Waals surface area contributed by atoms with Crippen molar-refractivity contribution in [1.29, 1.82) is 0 Å². The van der Waals surface area contributed by atoms with Crippen molar-refractivity contribution >= 4 is 0 Å². The zero-order chi connectivity index (χ0) is 12.1. The average Bonchev–Trinajstić information content (AvgIpc) is 2.39. The Morgan fingerprint density at radius 3 is 2.59 bits per heavy atom. The van der Waals surface area contributed by atoms with Crippen LogP contribution in [0.15, 0.2) is 48.5 Å². The Morgan fingerprint density at radius 2 is 1.88 bits per heavy atom. The number of hydrogen-bond acceptors (Lipinski definition) is 2. The van der Waals surface area contributed by atoms with Gasteiger partial charge in [0.2, 0.25) is 0 Å². The van der Waals surface area contributed by atoms with Gasteiger partial charge in [0.15, 0.2) is 0 Å². The lowest BCUT2D eigenvalue weighted by Gasteiger charge is -2.07. The second-order valence-electron chi connectivity index (χ2n) is 3.71. The normalized spacial score (nSPS) is 10.5. The van der Waals surface area contributed by atoms with Crippen molar-refractivity contribution < 1.29 is 9.23 Å². The van der Waals surface area contributed by atoms with E-state index in [-0.39, 0.29) is 5.82 Å². The minimum absolute atomic E-state index is 0.211. The standard InChI is InChI=1S/C14H14FNO/c1-17-16-10-11-7-8-14(15)13(9-11)12-5-3-2-4-6-12/h2-9,16H,10H2,1H3. The molecule has 0 aliphatic heterocycles. The molecule has 0 spiro atoms. The summed E-state index contributed by atoms with van der Waals surface area (Å²) < 4.78 is 13.7. The molecule has 0 aliphatic rings. The molecule has 0 radical (unpaired) electrons. The smallest absolute Gasteiger partial charge is 0.131 e. The molecular formula is C14H14FNO. The van der Waals surface area contributed by atoms with Crippen LogP contribution in [-0.2, 0) is 11.4 Å². The summed E-state index contributed by atoms with van der Waals surface area (Å²) in [4.78, 5) is 4.78. The Balaban J connectivity index is 2.33. The minimum atomic E-state index is -0.211. The summed E-state index contributed by atoms with van der Waals surface area (Å²) in [6, 6.07) is 14.6. The van der Waals surface area contributed by atoms with Crippen LogP contribution in [0.1, 0.15) is 5.56 Å². The molecule has 0 unspecified atom stereocenters. The largest absolute Gasteiger partial charge is 0.305 e. The summed E-state index contributed by atoms with van der Waals surface area (Å²) in [5.41, 5.74) is 5.21. The number of halogens is 1. The highest BCUT2D eigenvalue weighted by Crippen LogP contribution is 2.23. The van der Waals surface area contributed by atoms with E-state index in [4.69, 9.17) is 4.84 Å². The van der Waals surface area contributed by atoms with Crippen LogP contribution >= 0.6 is 0 Å². The Bertz CT molecular complexity index is 485. The number of hydroxylamine groups is 1. The second-order valence-corrected chi connectivity index (χ2v) is 3.71. The maximum atomic E-state index is 13.7. The van der Waals surface area contributed by atoms with Gasteiger partial charge in [-0.1, -0.05) is 36.4 Å². The van der Waals surface area contributed by atoms with E-state index in [1.807, 2.05) is 36.4 Å². The summed E-state index contributed by atoms with van der Waals surface area (Å²) in [5, 5.41) is 0. The molecule has 0 aromatic heterocycles. The highest BCUT2D eigenvalue weighted by Gasteiger charge is 2.05. The van der Waals surface area contributed by atoms with Crippen molar-refractivity contribution in [3.05, 3.63) is 59.9 Å². The van der Waals surface area contributed by atoms with Gasteiger partial charge >= 0.3 is 0 Å². The molecule has 1 N–H and O–H groups in total. The van der Waals surface area contributed by atoms with Crippen LogP contribution in [0.4, 0.5) is 4.39 Å². The number of benzene rings is 2. The first-order valence-corrected chi connectivity index (χ1v) is 5.41. The van der Waals surface area contributed by atoms with E-state index in [2.05, 4.69) is 5.48 Å². The van der Waals surface area contributed by atoms with Crippen LogP contribution in [-0.4, -0.2) is 7.11 Å². The third kappa shape index (κ3) is 2.90. The second kappa shape index (κ2) is 5.57. The summed E-state index contributed by atoms with van der Waals surface area (Å²) in [5.74, 6) is -0.211. The van der Waals surface area contributed by atoms with Crippen molar-refractivity contribution in [2.75, 3.05) is 7.11 Å². The topological polar surface area (TPSA) is 21.3 Å². The molecule has 2 aromatic carbocycles. The summed E-state index contributed by atoms with van der Waals surface area (Å²) in [6.45, 7) is 0.552. The van der Waals surface area contributed by atoms with Crippen LogP contribution in [0.25, 0.3) is 11.1 Å². The fourth-order valence-electron chi connectivity index (χ4n) is 1.68. The lowest BCUT2D eigenvalue weighted by molar-refractivity contribution is 0.0867. The molecule has 17 heavy (non-hydrogen) atoms. The molecule has 0 saturated heterocycles. The minimum Gasteiger partial charge on any atom is -0.305 e. The molecule has 0 aliphatic carbocycles. The molecule has 2 rings (SSSR count). The Hall–Kier alpha value is -1.71. The van der Waals surface area contributed by atoms with E-state index in [0.29, 0.717) is 12.1 Å². The monoisotopic (exact) mass is 231 g/mol. The maximum Gasteiger partial charge on any atom is 0.131 e. The van der Waals surface area contributed by atoms with Crippen LogP contribution in [0.3, 0.4) is 0 Å². The zero-order valence-electron chi connectivity index (χ0n) is 9.61. The van der Waals surface area contributed by atoms with Gasteiger partial charge < -0.3 is 4.84 Å². The third-order valence-corrected chi connectivity index (χ3v) is 2.54. The van der Waals surface area contributed by atoms with Gasteiger partial charge in [-0.3, -0.25) is 0 Å². The zero-order valence-corrected chi connectivity index (χ0v) is 9.61. The van der Waals surface area contributed by atoms with Gasteiger partial charge in [-0.2, -0.15) is 5.48 Å². The molecule has 3 heteroatoms. The van der Waals surface area contributed by atoms with Gasteiger partial charge in [0.1, 0.15) is 5.82 Å². The van der Waals surface area contributed by atoms with Crippen molar-refractivity contribution in [2.24, 2.45) is 0 Å². The van der Waals surface area contributed by atoms with E-state index in [1.54, 1.807) is 13.2 Å². The van der Waals surface area contributed by atoms with Crippen LogP contribution < -0.4 is 5.48 Å². The molecule has 0 fully saturated rings. The number of nitrogens with one attached hydrogen (secondary N) is 1. The van der Waals surface area contributed by atoms with Crippen molar-refractivity contribution in [1.82, 2.24) is 5.48 Å². The van der Waals surface area contributed by atoms with Crippen molar-refractivity contribution in [2.45, 2.75) is 6.54 Å². The van der Waals surface area contributed by atoms with E-state index < -0.39 is 0 Å². The van der Waals surface area contributed by atoms with Gasteiger partial charge in [-0.05, 0) is 23.3 Å². The van der Waals surface area contributed by atoms with Crippen molar-refractivity contribution in [3.8, 4) is 11.1 Å². The molecule has 88 valence electrons. The quantitative estimate of drug-likeness (QED) is 0.816. The SMILES string of the molecule is CONCc1ccc(F)c(-c2ccccc2)c1. The number of rotatable bonds is 4. The predicted octanol–water partition coefficient (Wildman–Crippen LogP) is 3.14. The maximum absolute atomic E-state index is 13.7. The van der Waals surface area contributed by atoms with Crippen LogP contribution in [0.2, 0.25) is 0 Å². The van der Waals surface area contributed by atoms with Crippen LogP contribution in [0, 0.1) is 5.82 Å². The van der Waals surface area contributed by atoms with E-state index >= 15 is 0 Å². The lowest BCUT2D eigenvalue weighted by Crippen LogP contribution is -2.10. The lowest BCUT2D eigenvalue weighted by atomic mass is 10.0. The predicted molar refractivity (Wildman–Crippen MR) is 65.7 cm³/mol. The van der Waals surface area contributed by atoms with E-state index in [0.717, 1.165) is 11.1 Å². The van der Waals surface area contributed by atoms with Crippen molar-refractivity contribution in [3.63, 3.8) is 0 Å². The fourth-order valence-corrected chi connectivity index (χ4v) is 1.68. The molecule has 2 aromatic rings. The summed E-state index contributed by atoms with van der Waals surface area (Å²) in [7, 11) is 1.56. The molecule has 0 amide bonds. The van der Waals surface area contributed by atoms with E-state index in [9.17, 15) is 4.39 Å². The molecule has 0 heterocycles. The van der Waals surface area contributed by atoms with E-state index in [1.165, 1.54) is 6.07 Å². The fraction of sp³-hybridized carbons (Fsp3) is 0.143. The Labute approximate surface area is 100 Å². The first-order chi connectivity index (χ1) is 8.31. The van der Waals surface area contributed by atoms with Crippen LogP contribution in [0.5, 0.6) is 0 Å². The third-order valence-electron chi connectivity index (χ3n) is 2.54. The van der Waals surface area contributed by atoms with Gasteiger partial charge in [-0.25, -0.2) is 4.39 Å². The summed E-state index contributed by atoms with van der Waals surface area (Å²) in [6.07, 6.45) is 0. The highest BCUT2D eigenvalue weighted by molar-refractivity contribution is 5.64. The van der Waals surface area contributed by atoms with Gasteiger partial charge in [0.05, 0.1) is 7.11 Å². The van der Waals surface area contributed by atoms with Gasteiger partial charge in [0.25, 0.3) is 0 Å². The Morgan fingerprint density at radius 1 is 1.12 bits per heavy atom. The Kier molecular flexibility index (Phi) is 3.85. The summed E-state index contributed by atoms with van der Waals surface area (Å²) >= 11 is 0. The highest BCUT2D eigenvalue weighted by atomic mass is 19.1. The average molecular weight is 231 g/mol. The molecule has 2 nitrogen and oxygen atoms in total. The van der Waals surface area contributed by atoms with Gasteiger partial charge in [-0.15, -0.1) is 0 Å². The molecule has 0 bridgehead atoms. The first-order valence-electron chi connectivity index (χ1n) is 5.41. The number of hydrogen-bond donors (Lipinski definition) is 1. The molecule has 0 saturated carbocycles. The molecular weight excluding hydrogens is 217 g/mol. The first kappa shape index (κ1) is 11.8.